The van der Waals surface area contributed by atoms with Crippen molar-refractivity contribution in [2.24, 2.45) is 0 Å². The van der Waals surface area contributed by atoms with Crippen molar-refractivity contribution in [3.05, 3.63) is 40.1 Å². The van der Waals surface area contributed by atoms with E-state index in [1.54, 1.807) is 18.4 Å². The summed E-state index contributed by atoms with van der Waals surface area (Å²) >= 11 is 1.24. The minimum absolute atomic E-state index is 0.0757. The Balaban J connectivity index is 1.71. The van der Waals surface area contributed by atoms with E-state index < -0.39 is 28.5 Å². The van der Waals surface area contributed by atoms with E-state index in [1.165, 1.54) is 41.0 Å². The van der Waals surface area contributed by atoms with Crippen LogP contribution < -0.4 is 10.1 Å². The molecule has 1 aliphatic heterocycles. The van der Waals surface area contributed by atoms with Crippen LogP contribution in [0.1, 0.15) is 34.5 Å². The maximum atomic E-state index is 12.9. The van der Waals surface area contributed by atoms with Crippen molar-refractivity contribution in [2.75, 3.05) is 32.1 Å². The Kier molecular flexibility index (Phi) is 7.11. The maximum absolute atomic E-state index is 12.9. The van der Waals surface area contributed by atoms with E-state index in [4.69, 9.17) is 9.47 Å². The Morgan fingerprint density at radius 1 is 1.17 bits per heavy atom. The highest BCUT2D eigenvalue weighted by atomic mass is 32.2. The van der Waals surface area contributed by atoms with Gasteiger partial charge in [0.25, 0.3) is 5.91 Å². The Morgan fingerprint density at radius 2 is 1.90 bits per heavy atom. The average Bonchev–Trinajstić information content (AvgIpc) is 3.18. The molecule has 30 heavy (non-hydrogen) atoms. The summed E-state index contributed by atoms with van der Waals surface area (Å²) in [4.78, 5) is 24.9. The smallest absolute Gasteiger partial charge is 0.349 e. The van der Waals surface area contributed by atoms with Gasteiger partial charge < -0.3 is 14.8 Å². The highest BCUT2D eigenvalue weighted by Gasteiger charge is 2.27. The summed E-state index contributed by atoms with van der Waals surface area (Å²) in [5.74, 6) is -0.865. The van der Waals surface area contributed by atoms with E-state index in [1.807, 2.05) is 0 Å². The number of hydrogen-bond acceptors (Lipinski definition) is 7. The van der Waals surface area contributed by atoms with Crippen molar-refractivity contribution in [1.29, 1.82) is 0 Å². The Labute approximate surface area is 179 Å². The van der Waals surface area contributed by atoms with E-state index in [2.05, 4.69) is 5.32 Å². The minimum atomic E-state index is -3.66. The summed E-state index contributed by atoms with van der Waals surface area (Å²) in [5.41, 5.74) is 0.978. The van der Waals surface area contributed by atoms with Gasteiger partial charge in [0.1, 0.15) is 10.6 Å². The van der Waals surface area contributed by atoms with Gasteiger partial charge in [0.2, 0.25) is 10.0 Å². The van der Waals surface area contributed by atoms with Gasteiger partial charge in [0.15, 0.2) is 6.61 Å². The normalized spacial score (nSPS) is 14.9. The number of piperidine rings is 1. The number of nitrogens with zero attached hydrogens (tertiary/aromatic N) is 1. The summed E-state index contributed by atoms with van der Waals surface area (Å²) in [6, 6.07) is 6.11. The molecular weight excluding hydrogens is 428 g/mol. The molecule has 2 aromatic rings. The third-order valence-electron chi connectivity index (χ3n) is 4.78. The number of nitrogens with one attached hydrogen (secondary N) is 1. The second-order valence-corrected chi connectivity index (χ2v) is 9.74. The molecule has 8 nitrogen and oxygen atoms in total. The Morgan fingerprint density at radius 3 is 2.53 bits per heavy atom. The molecule has 0 unspecified atom stereocenters. The number of rotatable bonds is 7. The first kappa shape index (κ1) is 22.3. The van der Waals surface area contributed by atoms with E-state index >= 15 is 0 Å². The van der Waals surface area contributed by atoms with Crippen LogP contribution in [0.2, 0.25) is 0 Å². The Bertz CT molecular complexity index is 1030. The minimum Gasteiger partial charge on any atom is -0.495 e. The number of carbonyl (C=O) groups excluding carboxylic acids is 2. The average molecular weight is 453 g/mol. The first-order chi connectivity index (χ1) is 14.3. The molecule has 1 aromatic heterocycles. The van der Waals surface area contributed by atoms with E-state index in [0.29, 0.717) is 23.7 Å². The van der Waals surface area contributed by atoms with Gasteiger partial charge in [-0.3, -0.25) is 4.79 Å². The number of methoxy groups -OCH3 is 1. The predicted molar refractivity (Wildman–Crippen MR) is 114 cm³/mol. The van der Waals surface area contributed by atoms with Gasteiger partial charge in [-0.1, -0.05) is 6.42 Å². The fourth-order valence-electron chi connectivity index (χ4n) is 3.16. The summed E-state index contributed by atoms with van der Waals surface area (Å²) in [5, 5.41) is 4.34. The third-order valence-corrected chi connectivity index (χ3v) is 7.67. The van der Waals surface area contributed by atoms with Gasteiger partial charge in [-0.05, 0) is 55.0 Å². The van der Waals surface area contributed by atoms with Crippen LogP contribution >= 0.6 is 11.3 Å². The number of hydrogen-bond donors (Lipinski definition) is 1. The molecular formula is C20H24N2O6S2. The van der Waals surface area contributed by atoms with Crippen LogP contribution in [-0.4, -0.2) is 51.4 Å². The number of amides is 1. The van der Waals surface area contributed by atoms with Crippen molar-refractivity contribution in [3.8, 4) is 5.75 Å². The molecule has 0 atom stereocenters. The molecule has 0 saturated carbocycles. The van der Waals surface area contributed by atoms with Crippen molar-refractivity contribution in [1.82, 2.24) is 4.31 Å². The number of carbonyl (C=O) groups is 2. The molecule has 1 fully saturated rings. The zero-order valence-electron chi connectivity index (χ0n) is 16.8. The lowest BCUT2D eigenvalue weighted by atomic mass is 10.2. The first-order valence-electron chi connectivity index (χ1n) is 9.52. The van der Waals surface area contributed by atoms with Gasteiger partial charge in [-0.15, -0.1) is 11.3 Å². The molecule has 1 amide bonds. The number of benzene rings is 1. The molecule has 0 spiro atoms. The monoisotopic (exact) mass is 452 g/mol. The number of thiophene rings is 1. The Hall–Kier alpha value is -2.43. The summed E-state index contributed by atoms with van der Waals surface area (Å²) in [6.45, 7) is 2.25. The molecule has 1 aliphatic rings. The van der Waals surface area contributed by atoms with Crippen LogP contribution in [0.5, 0.6) is 5.75 Å². The molecule has 0 aliphatic carbocycles. The largest absolute Gasteiger partial charge is 0.495 e. The molecule has 1 saturated heterocycles. The van der Waals surface area contributed by atoms with Crippen LogP contribution in [-0.2, 0) is 19.6 Å². The van der Waals surface area contributed by atoms with E-state index in [-0.39, 0.29) is 10.6 Å². The van der Waals surface area contributed by atoms with Crippen LogP contribution in [0.3, 0.4) is 0 Å². The van der Waals surface area contributed by atoms with Gasteiger partial charge in [-0.2, -0.15) is 4.31 Å². The molecule has 3 rings (SSSR count). The molecule has 0 radical (unpaired) electrons. The molecule has 2 heterocycles. The van der Waals surface area contributed by atoms with Gasteiger partial charge in [0.05, 0.1) is 17.7 Å². The standard InChI is InChI=1S/C20H24N2O6S2/c1-14-8-11-29-19(14)20(24)28-13-18(23)21-16-12-15(6-7-17(16)27-2)30(25,26)22-9-4-3-5-10-22/h6-8,11-12H,3-5,9-10,13H2,1-2H3,(H,21,23). The molecule has 162 valence electrons. The summed E-state index contributed by atoms with van der Waals surface area (Å²) in [7, 11) is -2.24. The lowest BCUT2D eigenvalue weighted by Gasteiger charge is -2.26. The number of ether oxygens (including phenoxy) is 2. The van der Waals surface area contributed by atoms with Gasteiger partial charge in [-0.25, -0.2) is 13.2 Å². The highest BCUT2D eigenvalue weighted by molar-refractivity contribution is 7.89. The number of aryl methyl sites for hydroxylation is 1. The summed E-state index contributed by atoms with van der Waals surface area (Å²) < 4.78 is 37.6. The third kappa shape index (κ3) is 5.00. The quantitative estimate of drug-likeness (QED) is 0.648. The van der Waals surface area contributed by atoms with Crippen molar-refractivity contribution < 1.29 is 27.5 Å². The fourth-order valence-corrected chi connectivity index (χ4v) is 5.53. The fraction of sp³-hybridized carbons (Fsp3) is 0.400. The lowest BCUT2D eigenvalue weighted by Crippen LogP contribution is -2.35. The van der Waals surface area contributed by atoms with Gasteiger partial charge in [0, 0.05) is 13.1 Å². The second-order valence-electron chi connectivity index (χ2n) is 6.88. The molecule has 1 N–H and O–H groups in total. The first-order valence-corrected chi connectivity index (χ1v) is 11.8. The highest BCUT2D eigenvalue weighted by Crippen LogP contribution is 2.30. The molecule has 1 aromatic carbocycles. The topological polar surface area (TPSA) is 102 Å². The molecule has 10 heteroatoms. The van der Waals surface area contributed by atoms with E-state index in [9.17, 15) is 18.0 Å². The van der Waals surface area contributed by atoms with Crippen molar-refractivity contribution in [2.45, 2.75) is 31.1 Å². The van der Waals surface area contributed by atoms with Crippen LogP contribution in [0, 0.1) is 6.92 Å². The number of anilines is 1. The lowest BCUT2D eigenvalue weighted by molar-refractivity contribution is -0.119. The van der Waals surface area contributed by atoms with Crippen LogP contribution in [0.15, 0.2) is 34.5 Å². The van der Waals surface area contributed by atoms with Gasteiger partial charge >= 0.3 is 5.97 Å². The zero-order chi connectivity index (χ0) is 21.7. The SMILES string of the molecule is COc1ccc(S(=O)(=O)N2CCCCC2)cc1NC(=O)COC(=O)c1sccc1C. The zero-order valence-corrected chi connectivity index (χ0v) is 18.5. The number of sulfonamides is 1. The predicted octanol–water partition coefficient (Wildman–Crippen LogP) is 3.04. The van der Waals surface area contributed by atoms with Crippen molar-refractivity contribution >= 4 is 38.9 Å². The molecule has 0 bridgehead atoms. The summed E-state index contributed by atoms with van der Waals surface area (Å²) in [6.07, 6.45) is 2.67. The second kappa shape index (κ2) is 9.59. The van der Waals surface area contributed by atoms with Crippen LogP contribution in [0.4, 0.5) is 5.69 Å². The van der Waals surface area contributed by atoms with Crippen LogP contribution in [0.25, 0.3) is 0 Å². The van der Waals surface area contributed by atoms with Crippen molar-refractivity contribution in [3.63, 3.8) is 0 Å². The number of esters is 1. The van der Waals surface area contributed by atoms with E-state index in [0.717, 1.165) is 24.8 Å². The maximum Gasteiger partial charge on any atom is 0.349 e.